The van der Waals surface area contributed by atoms with Gasteiger partial charge in [0.1, 0.15) is 0 Å². The molecule has 1 aromatic carbocycles. The van der Waals surface area contributed by atoms with Gasteiger partial charge in [-0.1, -0.05) is 12.1 Å². The van der Waals surface area contributed by atoms with Crippen molar-refractivity contribution in [2.45, 2.75) is 31.2 Å². The molecule has 0 aromatic heterocycles. The minimum Gasteiger partial charge on any atom is -0.481 e. The molecule has 1 aromatic rings. The third-order valence-corrected chi connectivity index (χ3v) is 3.65. The van der Waals surface area contributed by atoms with E-state index in [-0.39, 0.29) is 31.4 Å². The van der Waals surface area contributed by atoms with Crippen molar-refractivity contribution in [1.82, 2.24) is 5.32 Å². The number of rotatable bonds is 6. The summed E-state index contributed by atoms with van der Waals surface area (Å²) in [5.41, 5.74) is -0.797. The second-order valence-corrected chi connectivity index (χ2v) is 5.41. The second-order valence-electron chi connectivity index (χ2n) is 5.41. The zero-order valence-electron chi connectivity index (χ0n) is 11.9. The van der Waals surface area contributed by atoms with Crippen LogP contribution in [0.3, 0.4) is 0 Å². The molecule has 22 heavy (non-hydrogen) atoms. The lowest BCUT2D eigenvalue weighted by Gasteiger charge is -2.27. The molecule has 0 radical (unpaired) electrons. The fraction of sp³-hybridized carbons (Fsp3) is 0.467. The average molecular weight is 313 g/mol. The molecule has 1 aliphatic heterocycles. The predicted octanol–water partition coefficient (Wildman–Crippen LogP) is 1.65. The molecule has 120 valence electrons. The van der Waals surface area contributed by atoms with Gasteiger partial charge in [0.2, 0.25) is 5.91 Å². The molecule has 1 heterocycles. The summed E-state index contributed by atoms with van der Waals surface area (Å²) in [5, 5.41) is 11.6. The van der Waals surface area contributed by atoms with E-state index in [2.05, 4.69) is 5.32 Å². The predicted molar refractivity (Wildman–Crippen MR) is 73.2 cm³/mol. The van der Waals surface area contributed by atoms with E-state index in [1.807, 2.05) is 0 Å². The van der Waals surface area contributed by atoms with Gasteiger partial charge in [-0.2, -0.15) is 0 Å². The lowest BCUT2D eigenvalue weighted by atomic mass is 9.94. The minimum absolute atomic E-state index is 0.0411. The van der Waals surface area contributed by atoms with Crippen molar-refractivity contribution in [3.8, 4) is 0 Å². The first-order chi connectivity index (χ1) is 10.4. The van der Waals surface area contributed by atoms with E-state index in [1.165, 1.54) is 12.1 Å². The van der Waals surface area contributed by atoms with E-state index >= 15 is 0 Å². The molecule has 0 aliphatic carbocycles. The van der Waals surface area contributed by atoms with Crippen molar-refractivity contribution >= 4 is 11.9 Å². The van der Waals surface area contributed by atoms with E-state index in [0.717, 1.165) is 6.07 Å². The lowest BCUT2D eigenvalue weighted by molar-refractivity contribution is -0.139. The Labute approximate surface area is 126 Å². The number of carboxylic acid groups (broad SMARTS) is 1. The molecule has 1 saturated heterocycles. The van der Waals surface area contributed by atoms with Gasteiger partial charge in [-0.25, -0.2) is 8.78 Å². The molecule has 5 nitrogen and oxygen atoms in total. The Balaban J connectivity index is 1.94. The van der Waals surface area contributed by atoms with Crippen LogP contribution in [0.4, 0.5) is 8.78 Å². The van der Waals surface area contributed by atoms with Crippen molar-refractivity contribution in [3.63, 3.8) is 0 Å². The van der Waals surface area contributed by atoms with E-state index in [1.54, 1.807) is 0 Å². The first-order valence-corrected chi connectivity index (χ1v) is 6.95. The Morgan fingerprint density at radius 3 is 2.77 bits per heavy atom. The molecular formula is C15H17F2NO4. The number of carbonyl (C=O) groups is 2. The molecule has 2 rings (SSSR count). The van der Waals surface area contributed by atoms with Crippen LogP contribution in [0.2, 0.25) is 0 Å². The zero-order chi connectivity index (χ0) is 16.2. The quantitative estimate of drug-likeness (QED) is 0.837. The fourth-order valence-electron chi connectivity index (χ4n) is 2.53. The Hall–Kier alpha value is -2.02. The molecule has 2 N–H and O–H groups in total. The van der Waals surface area contributed by atoms with E-state index < -0.39 is 29.0 Å². The van der Waals surface area contributed by atoms with Gasteiger partial charge in [0, 0.05) is 13.0 Å². The molecular weight excluding hydrogens is 296 g/mol. The number of carboxylic acids is 1. The SMILES string of the molecule is O=C(O)CC1(NC(=O)CCc2cccc(F)c2F)CCOC1. The summed E-state index contributed by atoms with van der Waals surface area (Å²) in [4.78, 5) is 22.9. The summed E-state index contributed by atoms with van der Waals surface area (Å²) in [6.45, 7) is 0.519. The Kier molecular flexibility index (Phi) is 5.07. The van der Waals surface area contributed by atoms with Gasteiger partial charge < -0.3 is 15.2 Å². The van der Waals surface area contributed by atoms with Crippen LogP contribution in [0.25, 0.3) is 0 Å². The standard InChI is InChI=1S/C15H17F2NO4/c16-11-3-1-2-10(14(11)17)4-5-12(19)18-15(8-13(20)21)6-7-22-9-15/h1-3H,4-9H2,(H,18,19)(H,20,21). The topological polar surface area (TPSA) is 75.6 Å². The number of carbonyl (C=O) groups excluding carboxylic acids is 1. The number of hydrogen-bond donors (Lipinski definition) is 2. The van der Waals surface area contributed by atoms with Crippen molar-refractivity contribution in [2.75, 3.05) is 13.2 Å². The van der Waals surface area contributed by atoms with E-state index in [0.29, 0.717) is 13.0 Å². The Morgan fingerprint density at radius 2 is 2.14 bits per heavy atom. The van der Waals surface area contributed by atoms with Gasteiger partial charge in [0.15, 0.2) is 11.6 Å². The summed E-state index contributed by atoms with van der Waals surface area (Å²) in [6, 6.07) is 3.80. The van der Waals surface area contributed by atoms with Crippen LogP contribution in [-0.4, -0.2) is 35.7 Å². The van der Waals surface area contributed by atoms with Gasteiger partial charge >= 0.3 is 5.97 Å². The maximum absolute atomic E-state index is 13.5. The highest BCUT2D eigenvalue weighted by atomic mass is 19.2. The van der Waals surface area contributed by atoms with Gasteiger partial charge in [-0.15, -0.1) is 0 Å². The fourth-order valence-corrected chi connectivity index (χ4v) is 2.53. The summed E-state index contributed by atoms with van der Waals surface area (Å²) < 4.78 is 31.8. The number of aryl methyl sites for hydroxylation is 1. The minimum atomic E-state index is -1.03. The number of ether oxygens (including phenoxy) is 1. The first kappa shape index (κ1) is 16.4. The number of nitrogens with one attached hydrogen (secondary N) is 1. The van der Waals surface area contributed by atoms with Crippen LogP contribution >= 0.6 is 0 Å². The highest BCUT2D eigenvalue weighted by Gasteiger charge is 2.38. The number of benzene rings is 1. The van der Waals surface area contributed by atoms with Gasteiger partial charge in [0.05, 0.1) is 18.6 Å². The summed E-state index contributed by atoms with van der Waals surface area (Å²) in [6.07, 6.45) is 0.174. The van der Waals surface area contributed by atoms with Crippen LogP contribution in [-0.2, 0) is 20.7 Å². The largest absolute Gasteiger partial charge is 0.481 e. The third kappa shape index (κ3) is 4.00. The van der Waals surface area contributed by atoms with Crippen molar-refractivity contribution in [3.05, 3.63) is 35.4 Å². The number of aliphatic carboxylic acids is 1. The molecule has 1 amide bonds. The van der Waals surface area contributed by atoms with Gasteiger partial charge in [0.25, 0.3) is 0 Å². The number of hydrogen-bond acceptors (Lipinski definition) is 3. The average Bonchev–Trinajstić information content (AvgIpc) is 2.87. The van der Waals surface area contributed by atoms with Crippen molar-refractivity contribution < 1.29 is 28.2 Å². The normalized spacial score (nSPS) is 20.8. The molecule has 1 fully saturated rings. The van der Waals surface area contributed by atoms with Gasteiger partial charge in [-0.3, -0.25) is 9.59 Å². The molecule has 1 unspecified atom stereocenters. The summed E-state index contributed by atoms with van der Waals surface area (Å²) in [7, 11) is 0. The number of halogens is 2. The number of amides is 1. The first-order valence-electron chi connectivity index (χ1n) is 6.95. The molecule has 1 atom stereocenters. The smallest absolute Gasteiger partial charge is 0.305 e. The summed E-state index contributed by atoms with van der Waals surface area (Å²) >= 11 is 0. The van der Waals surface area contributed by atoms with Crippen LogP contribution in [0.5, 0.6) is 0 Å². The van der Waals surface area contributed by atoms with Crippen LogP contribution in [0.15, 0.2) is 18.2 Å². The maximum atomic E-state index is 13.5. The highest BCUT2D eigenvalue weighted by Crippen LogP contribution is 2.23. The molecule has 1 aliphatic rings. The van der Waals surface area contributed by atoms with Crippen LogP contribution < -0.4 is 5.32 Å². The van der Waals surface area contributed by atoms with E-state index in [9.17, 15) is 18.4 Å². The Morgan fingerprint density at radius 1 is 1.36 bits per heavy atom. The van der Waals surface area contributed by atoms with E-state index in [4.69, 9.17) is 9.84 Å². The third-order valence-electron chi connectivity index (χ3n) is 3.65. The zero-order valence-corrected chi connectivity index (χ0v) is 11.9. The lowest BCUT2D eigenvalue weighted by Crippen LogP contribution is -2.50. The van der Waals surface area contributed by atoms with Crippen LogP contribution in [0.1, 0.15) is 24.8 Å². The maximum Gasteiger partial charge on any atom is 0.305 e. The molecule has 7 heteroatoms. The van der Waals surface area contributed by atoms with Gasteiger partial charge in [-0.05, 0) is 24.5 Å². The molecule has 0 spiro atoms. The van der Waals surface area contributed by atoms with Crippen molar-refractivity contribution in [1.29, 1.82) is 0 Å². The monoisotopic (exact) mass is 313 g/mol. The van der Waals surface area contributed by atoms with Crippen LogP contribution in [0, 0.1) is 11.6 Å². The Bertz CT molecular complexity index is 571. The highest BCUT2D eigenvalue weighted by molar-refractivity contribution is 5.78. The molecule has 0 bridgehead atoms. The second kappa shape index (κ2) is 6.83. The molecule has 0 saturated carbocycles. The van der Waals surface area contributed by atoms with Crippen molar-refractivity contribution in [2.24, 2.45) is 0 Å². The summed E-state index contributed by atoms with van der Waals surface area (Å²) in [5.74, 6) is -3.35.